The maximum absolute atomic E-state index is 5.84. The number of nitrogens with zero attached hydrogens (tertiary/aromatic N) is 1. The van der Waals surface area contributed by atoms with Crippen molar-refractivity contribution < 1.29 is 0 Å². The van der Waals surface area contributed by atoms with Crippen molar-refractivity contribution in [2.75, 3.05) is 13.6 Å². The van der Waals surface area contributed by atoms with Crippen LogP contribution in [-0.2, 0) is 19.4 Å². The van der Waals surface area contributed by atoms with Gasteiger partial charge in [0.05, 0.1) is 0 Å². The molecule has 2 nitrogen and oxygen atoms in total. The van der Waals surface area contributed by atoms with Gasteiger partial charge in [0.25, 0.3) is 0 Å². The third-order valence-electron chi connectivity index (χ3n) is 4.46. The molecule has 1 fully saturated rings. The standard InChI is InChI=1S/C16H24N2/c1-18(11-13-8-16(17)9-13)10-12-5-6-14-3-2-4-15(14)7-12/h5-7,13,16H,2-4,8-11,17H2,1H3. The summed E-state index contributed by atoms with van der Waals surface area (Å²) in [4.78, 5) is 2.45. The molecule has 0 aromatic heterocycles. The lowest BCUT2D eigenvalue weighted by molar-refractivity contribution is 0.178. The molecule has 0 aliphatic heterocycles. The second-order valence-electron chi connectivity index (χ2n) is 6.25. The highest BCUT2D eigenvalue weighted by Gasteiger charge is 2.26. The van der Waals surface area contributed by atoms with E-state index in [9.17, 15) is 0 Å². The van der Waals surface area contributed by atoms with Gasteiger partial charge >= 0.3 is 0 Å². The minimum Gasteiger partial charge on any atom is -0.328 e. The molecule has 0 atom stereocenters. The van der Waals surface area contributed by atoms with Gasteiger partial charge in [-0.25, -0.2) is 0 Å². The minimum atomic E-state index is 0.475. The third kappa shape index (κ3) is 2.60. The van der Waals surface area contributed by atoms with Crippen LogP contribution in [0.25, 0.3) is 0 Å². The predicted molar refractivity (Wildman–Crippen MR) is 75.5 cm³/mol. The van der Waals surface area contributed by atoms with Crippen LogP contribution >= 0.6 is 0 Å². The van der Waals surface area contributed by atoms with Crippen molar-refractivity contribution >= 4 is 0 Å². The Balaban J connectivity index is 1.55. The number of benzene rings is 1. The molecule has 0 radical (unpaired) electrons. The quantitative estimate of drug-likeness (QED) is 0.881. The number of aryl methyl sites for hydroxylation is 2. The Morgan fingerprint density at radius 1 is 1.22 bits per heavy atom. The summed E-state index contributed by atoms with van der Waals surface area (Å²) in [5, 5.41) is 0. The Morgan fingerprint density at radius 3 is 2.78 bits per heavy atom. The normalized spacial score (nSPS) is 26.2. The lowest BCUT2D eigenvalue weighted by Crippen LogP contribution is -2.41. The molecular weight excluding hydrogens is 220 g/mol. The van der Waals surface area contributed by atoms with Crippen LogP contribution in [0, 0.1) is 5.92 Å². The van der Waals surface area contributed by atoms with Crippen LogP contribution < -0.4 is 5.73 Å². The van der Waals surface area contributed by atoms with Crippen LogP contribution in [-0.4, -0.2) is 24.5 Å². The molecule has 1 aromatic carbocycles. The Kier molecular flexibility index (Phi) is 3.40. The lowest BCUT2D eigenvalue weighted by Gasteiger charge is -2.35. The van der Waals surface area contributed by atoms with Crippen LogP contribution in [0.5, 0.6) is 0 Å². The largest absolute Gasteiger partial charge is 0.328 e. The first-order chi connectivity index (χ1) is 8.70. The van der Waals surface area contributed by atoms with Gasteiger partial charge in [-0.3, -0.25) is 0 Å². The smallest absolute Gasteiger partial charge is 0.0230 e. The monoisotopic (exact) mass is 244 g/mol. The van der Waals surface area contributed by atoms with E-state index in [1.54, 1.807) is 11.1 Å². The van der Waals surface area contributed by atoms with Crippen LogP contribution in [0.15, 0.2) is 18.2 Å². The van der Waals surface area contributed by atoms with Gasteiger partial charge in [-0.2, -0.15) is 0 Å². The highest BCUT2D eigenvalue weighted by molar-refractivity contribution is 5.35. The molecule has 98 valence electrons. The number of nitrogens with two attached hydrogens (primary N) is 1. The second kappa shape index (κ2) is 5.02. The molecule has 2 N–H and O–H groups in total. The van der Waals surface area contributed by atoms with E-state index in [1.165, 1.54) is 44.2 Å². The fourth-order valence-corrected chi connectivity index (χ4v) is 3.48. The van der Waals surface area contributed by atoms with Gasteiger partial charge < -0.3 is 10.6 Å². The topological polar surface area (TPSA) is 29.3 Å². The van der Waals surface area contributed by atoms with E-state index in [1.807, 2.05) is 0 Å². The summed E-state index contributed by atoms with van der Waals surface area (Å²) in [5.74, 6) is 0.833. The van der Waals surface area contributed by atoms with E-state index in [4.69, 9.17) is 5.73 Å². The maximum atomic E-state index is 5.84. The Bertz CT molecular complexity index is 421. The molecule has 18 heavy (non-hydrogen) atoms. The Hall–Kier alpha value is -0.860. The lowest BCUT2D eigenvalue weighted by atomic mass is 9.80. The first-order valence-electron chi connectivity index (χ1n) is 7.25. The summed E-state index contributed by atoms with van der Waals surface area (Å²) in [6.07, 6.45) is 6.34. The third-order valence-corrected chi connectivity index (χ3v) is 4.46. The molecule has 0 saturated heterocycles. The molecule has 0 unspecified atom stereocenters. The Morgan fingerprint density at radius 2 is 2.00 bits per heavy atom. The second-order valence-corrected chi connectivity index (χ2v) is 6.25. The molecule has 0 heterocycles. The zero-order chi connectivity index (χ0) is 12.5. The molecular formula is C16H24N2. The highest BCUT2D eigenvalue weighted by atomic mass is 15.1. The molecule has 0 amide bonds. The SMILES string of the molecule is CN(Cc1ccc2c(c1)CCC2)CC1CC(N)C1. The molecule has 2 aliphatic carbocycles. The van der Waals surface area contributed by atoms with Crippen molar-refractivity contribution in [3.8, 4) is 0 Å². The van der Waals surface area contributed by atoms with Gasteiger partial charge in [-0.05, 0) is 61.8 Å². The van der Waals surface area contributed by atoms with Gasteiger partial charge in [-0.15, -0.1) is 0 Å². The van der Waals surface area contributed by atoms with E-state index >= 15 is 0 Å². The van der Waals surface area contributed by atoms with Gasteiger partial charge in [0.15, 0.2) is 0 Å². The van der Waals surface area contributed by atoms with Gasteiger partial charge in [-0.1, -0.05) is 18.2 Å². The predicted octanol–water partition coefficient (Wildman–Crippen LogP) is 2.34. The summed E-state index contributed by atoms with van der Waals surface area (Å²) in [6.45, 7) is 2.28. The van der Waals surface area contributed by atoms with Gasteiger partial charge in [0.2, 0.25) is 0 Å². The highest BCUT2D eigenvalue weighted by Crippen LogP contribution is 2.27. The van der Waals surface area contributed by atoms with E-state index in [-0.39, 0.29) is 0 Å². The maximum Gasteiger partial charge on any atom is 0.0230 e. The molecule has 1 aromatic rings. The number of fused-ring (bicyclic) bond motifs is 1. The number of hydrogen-bond donors (Lipinski definition) is 1. The summed E-state index contributed by atoms with van der Waals surface area (Å²) in [5.41, 5.74) is 10.5. The Labute approximate surface area is 110 Å². The van der Waals surface area contributed by atoms with Gasteiger partial charge in [0.1, 0.15) is 0 Å². The average Bonchev–Trinajstić information content (AvgIpc) is 2.74. The van der Waals surface area contributed by atoms with E-state index in [0.717, 1.165) is 12.5 Å². The molecule has 3 rings (SSSR count). The zero-order valence-electron chi connectivity index (χ0n) is 11.4. The van der Waals surface area contributed by atoms with Crippen LogP contribution in [0.1, 0.15) is 36.0 Å². The average molecular weight is 244 g/mol. The first-order valence-corrected chi connectivity index (χ1v) is 7.25. The van der Waals surface area contributed by atoms with Crippen molar-refractivity contribution in [1.29, 1.82) is 0 Å². The minimum absolute atomic E-state index is 0.475. The van der Waals surface area contributed by atoms with Crippen molar-refractivity contribution in [2.45, 2.75) is 44.7 Å². The number of hydrogen-bond acceptors (Lipinski definition) is 2. The van der Waals surface area contributed by atoms with Gasteiger partial charge in [0, 0.05) is 19.1 Å². The molecule has 0 bridgehead atoms. The van der Waals surface area contributed by atoms with Crippen molar-refractivity contribution in [1.82, 2.24) is 4.90 Å². The molecule has 0 spiro atoms. The fourth-order valence-electron chi connectivity index (χ4n) is 3.48. The summed E-state index contributed by atoms with van der Waals surface area (Å²) >= 11 is 0. The first kappa shape index (κ1) is 12.2. The molecule has 2 aliphatic rings. The van der Waals surface area contributed by atoms with E-state index in [2.05, 4.69) is 30.1 Å². The summed E-state index contributed by atoms with van der Waals surface area (Å²) < 4.78 is 0. The van der Waals surface area contributed by atoms with Crippen molar-refractivity contribution in [2.24, 2.45) is 11.7 Å². The number of rotatable bonds is 4. The summed E-state index contributed by atoms with van der Waals surface area (Å²) in [6, 6.07) is 7.55. The van der Waals surface area contributed by atoms with Crippen LogP contribution in [0.2, 0.25) is 0 Å². The van der Waals surface area contributed by atoms with E-state index in [0.29, 0.717) is 6.04 Å². The zero-order valence-corrected chi connectivity index (χ0v) is 11.4. The van der Waals surface area contributed by atoms with Crippen molar-refractivity contribution in [3.63, 3.8) is 0 Å². The summed E-state index contributed by atoms with van der Waals surface area (Å²) in [7, 11) is 2.23. The fraction of sp³-hybridized carbons (Fsp3) is 0.625. The molecule has 1 saturated carbocycles. The molecule has 2 heteroatoms. The van der Waals surface area contributed by atoms with Crippen LogP contribution in [0.3, 0.4) is 0 Å². The van der Waals surface area contributed by atoms with E-state index < -0.39 is 0 Å². The van der Waals surface area contributed by atoms with Crippen molar-refractivity contribution in [3.05, 3.63) is 34.9 Å². The van der Waals surface area contributed by atoms with Crippen LogP contribution in [0.4, 0.5) is 0 Å².